The number of alkyl halides is 1. The predicted molar refractivity (Wildman–Crippen MR) is 46.0 cm³/mol. The Morgan fingerprint density at radius 3 is 2.91 bits per heavy atom. The highest BCUT2D eigenvalue weighted by atomic mass is 35.5. The molecule has 64 valence electrons. The lowest BCUT2D eigenvalue weighted by atomic mass is 10.0. The molecule has 1 aliphatic rings. The van der Waals surface area contributed by atoms with Crippen LogP contribution in [0.5, 0.6) is 0 Å². The van der Waals surface area contributed by atoms with Crippen LogP contribution in [0.15, 0.2) is 0 Å². The van der Waals surface area contributed by atoms with Gasteiger partial charge in [0.25, 0.3) is 0 Å². The van der Waals surface area contributed by atoms with E-state index in [4.69, 9.17) is 11.6 Å². The molecule has 1 aliphatic heterocycles. The van der Waals surface area contributed by atoms with E-state index in [1.165, 1.54) is 6.42 Å². The highest BCUT2D eigenvalue weighted by Gasteiger charge is 2.18. The van der Waals surface area contributed by atoms with Crippen LogP contribution in [0.4, 0.5) is 0 Å². The molecule has 1 fully saturated rings. The highest BCUT2D eigenvalue weighted by Crippen LogP contribution is 2.14. The molecule has 1 rings (SSSR count). The number of hydrogen-bond acceptors (Lipinski definition) is 2. The van der Waals surface area contributed by atoms with Gasteiger partial charge in [-0.1, -0.05) is 12.8 Å². The lowest BCUT2D eigenvalue weighted by Crippen LogP contribution is -2.40. The fraction of sp³-hybridized carbons (Fsp3) is 0.875. The molecular formula is C8H14ClNO. The van der Waals surface area contributed by atoms with E-state index in [2.05, 4.69) is 5.32 Å². The number of halogens is 1. The minimum atomic E-state index is -0.128. The summed E-state index contributed by atoms with van der Waals surface area (Å²) in [5, 5.41) is 3.11. The van der Waals surface area contributed by atoms with Crippen LogP contribution in [-0.2, 0) is 4.79 Å². The number of nitrogens with one attached hydrogen (secondary N) is 1. The van der Waals surface area contributed by atoms with Crippen LogP contribution in [0.2, 0.25) is 0 Å². The van der Waals surface area contributed by atoms with Crippen molar-refractivity contribution in [2.45, 2.75) is 37.1 Å². The van der Waals surface area contributed by atoms with Crippen LogP contribution in [0.25, 0.3) is 0 Å². The SMILES string of the molecule is O=CC1NCCCCCC1Cl. The lowest BCUT2D eigenvalue weighted by molar-refractivity contribution is -0.109. The molecule has 0 spiro atoms. The number of rotatable bonds is 1. The summed E-state index contributed by atoms with van der Waals surface area (Å²) in [6, 6.07) is -0.128. The molecule has 1 N–H and O–H groups in total. The van der Waals surface area contributed by atoms with Crippen LogP contribution in [0.3, 0.4) is 0 Å². The Hall–Kier alpha value is -0.0800. The number of hydrogen-bond donors (Lipinski definition) is 1. The van der Waals surface area contributed by atoms with Crippen LogP contribution in [-0.4, -0.2) is 24.2 Å². The Morgan fingerprint density at radius 2 is 2.18 bits per heavy atom. The van der Waals surface area contributed by atoms with E-state index in [-0.39, 0.29) is 11.4 Å². The van der Waals surface area contributed by atoms with Crippen LogP contribution >= 0.6 is 11.6 Å². The van der Waals surface area contributed by atoms with E-state index >= 15 is 0 Å². The maximum atomic E-state index is 10.5. The average molecular weight is 176 g/mol. The van der Waals surface area contributed by atoms with Gasteiger partial charge in [0.05, 0.1) is 11.4 Å². The topological polar surface area (TPSA) is 29.1 Å². The average Bonchev–Trinajstić information content (AvgIpc) is 1.98. The zero-order valence-corrected chi connectivity index (χ0v) is 7.31. The standard InChI is InChI=1S/C8H14ClNO/c9-7-4-2-1-3-5-10-8(7)6-11/h6-8,10H,1-5H2. The highest BCUT2D eigenvalue weighted by molar-refractivity contribution is 6.22. The molecule has 0 radical (unpaired) electrons. The normalized spacial score (nSPS) is 33.9. The third-order valence-corrected chi connectivity index (χ3v) is 2.56. The third kappa shape index (κ3) is 2.80. The monoisotopic (exact) mass is 175 g/mol. The molecule has 2 atom stereocenters. The fourth-order valence-corrected chi connectivity index (χ4v) is 1.65. The maximum absolute atomic E-state index is 10.5. The minimum Gasteiger partial charge on any atom is -0.306 e. The Labute approximate surface area is 72.3 Å². The third-order valence-electron chi connectivity index (χ3n) is 2.07. The molecule has 1 heterocycles. The number of carbonyl (C=O) groups excluding carboxylic acids is 1. The van der Waals surface area contributed by atoms with Crippen molar-refractivity contribution in [3.63, 3.8) is 0 Å². The Morgan fingerprint density at radius 1 is 1.36 bits per heavy atom. The van der Waals surface area contributed by atoms with E-state index in [0.29, 0.717) is 0 Å². The second-order valence-corrected chi connectivity index (χ2v) is 3.54. The maximum Gasteiger partial charge on any atom is 0.138 e. The van der Waals surface area contributed by atoms with Crippen molar-refractivity contribution in [1.82, 2.24) is 5.32 Å². The lowest BCUT2D eigenvalue weighted by Gasteiger charge is -2.20. The largest absolute Gasteiger partial charge is 0.306 e. The van der Waals surface area contributed by atoms with Crippen LogP contribution in [0.1, 0.15) is 25.7 Å². The molecule has 1 saturated heterocycles. The summed E-state index contributed by atoms with van der Waals surface area (Å²) in [5.74, 6) is 0. The van der Waals surface area contributed by atoms with E-state index in [9.17, 15) is 4.79 Å². The summed E-state index contributed by atoms with van der Waals surface area (Å²) in [6.45, 7) is 0.923. The van der Waals surface area contributed by atoms with Gasteiger partial charge < -0.3 is 10.1 Å². The van der Waals surface area contributed by atoms with Gasteiger partial charge in [-0.15, -0.1) is 11.6 Å². The first-order chi connectivity index (χ1) is 5.34. The molecule has 0 amide bonds. The second-order valence-electron chi connectivity index (χ2n) is 2.98. The zero-order valence-electron chi connectivity index (χ0n) is 6.55. The van der Waals surface area contributed by atoms with Gasteiger partial charge in [0.1, 0.15) is 6.29 Å². The molecule has 2 unspecified atom stereocenters. The Balaban J connectivity index is 2.39. The van der Waals surface area contributed by atoms with E-state index in [1.54, 1.807) is 0 Å². The molecule has 0 aromatic heterocycles. The second kappa shape index (κ2) is 4.73. The van der Waals surface area contributed by atoms with Crippen molar-refractivity contribution in [2.75, 3.05) is 6.54 Å². The van der Waals surface area contributed by atoms with Crippen molar-refractivity contribution in [3.8, 4) is 0 Å². The quantitative estimate of drug-likeness (QED) is 0.481. The van der Waals surface area contributed by atoms with Gasteiger partial charge in [-0.25, -0.2) is 0 Å². The van der Waals surface area contributed by atoms with Gasteiger partial charge in [-0.2, -0.15) is 0 Å². The van der Waals surface area contributed by atoms with Gasteiger partial charge >= 0.3 is 0 Å². The summed E-state index contributed by atoms with van der Waals surface area (Å²) < 4.78 is 0. The van der Waals surface area contributed by atoms with Gasteiger partial charge in [-0.05, 0) is 19.4 Å². The summed E-state index contributed by atoms with van der Waals surface area (Å²) in [7, 11) is 0. The first-order valence-corrected chi connectivity index (χ1v) is 4.61. The fourth-order valence-electron chi connectivity index (χ4n) is 1.35. The Bertz CT molecular complexity index is 129. The Kier molecular flexibility index (Phi) is 3.87. The summed E-state index contributed by atoms with van der Waals surface area (Å²) >= 11 is 5.97. The van der Waals surface area contributed by atoms with E-state index in [1.807, 2.05) is 0 Å². The number of aldehydes is 1. The molecule has 0 aromatic carbocycles. The van der Waals surface area contributed by atoms with Gasteiger partial charge in [0.15, 0.2) is 0 Å². The number of carbonyl (C=O) groups is 1. The van der Waals surface area contributed by atoms with Crippen LogP contribution in [0, 0.1) is 0 Å². The van der Waals surface area contributed by atoms with Gasteiger partial charge in [-0.3, -0.25) is 0 Å². The van der Waals surface area contributed by atoms with Gasteiger partial charge in [0.2, 0.25) is 0 Å². The molecule has 0 bridgehead atoms. The van der Waals surface area contributed by atoms with E-state index in [0.717, 1.165) is 32.1 Å². The molecule has 2 nitrogen and oxygen atoms in total. The first-order valence-electron chi connectivity index (χ1n) is 4.17. The van der Waals surface area contributed by atoms with Crippen molar-refractivity contribution in [2.24, 2.45) is 0 Å². The van der Waals surface area contributed by atoms with E-state index < -0.39 is 0 Å². The first kappa shape index (κ1) is 9.01. The zero-order chi connectivity index (χ0) is 8.10. The molecule has 0 aromatic rings. The molecule has 3 heteroatoms. The van der Waals surface area contributed by atoms with Gasteiger partial charge in [0, 0.05) is 0 Å². The van der Waals surface area contributed by atoms with Crippen molar-refractivity contribution < 1.29 is 4.79 Å². The van der Waals surface area contributed by atoms with Crippen molar-refractivity contribution >= 4 is 17.9 Å². The summed E-state index contributed by atoms with van der Waals surface area (Å²) in [4.78, 5) is 10.5. The smallest absolute Gasteiger partial charge is 0.138 e. The molecule has 11 heavy (non-hydrogen) atoms. The summed E-state index contributed by atoms with van der Waals surface area (Å²) in [6.07, 6.45) is 5.41. The van der Waals surface area contributed by atoms with Crippen molar-refractivity contribution in [3.05, 3.63) is 0 Å². The molecular weight excluding hydrogens is 162 g/mol. The molecule has 0 aliphatic carbocycles. The van der Waals surface area contributed by atoms with Crippen molar-refractivity contribution in [1.29, 1.82) is 0 Å². The predicted octanol–water partition coefficient (Wildman–Crippen LogP) is 1.32. The molecule has 0 saturated carbocycles. The van der Waals surface area contributed by atoms with Crippen LogP contribution < -0.4 is 5.32 Å². The summed E-state index contributed by atoms with van der Waals surface area (Å²) in [5.41, 5.74) is 0. The minimum absolute atomic E-state index is 0.00667.